The Balaban J connectivity index is 2.21. The average Bonchev–Trinajstić information content (AvgIpc) is 3.14. The van der Waals surface area contributed by atoms with Crippen molar-refractivity contribution in [2.45, 2.75) is 24.8 Å². The number of hydrogen-bond acceptors (Lipinski definition) is 4. The van der Waals surface area contributed by atoms with Crippen LogP contribution in [0, 0.1) is 0 Å². The number of fused-ring (bicyclic) bond motifs is 1. The van der Waals surface area contributed by atoms with Crippen molar-refractivity contribution in [2.75, 3.05) is 6.61 Å². The number of hydrogen-bond donors (Lipinski definition) is 2. The van der Waals surface area contributed by atoms with E-state index in [1.54, 1.807) is 6.20 Å². The number of pyridine rings is 1. The van der Waals surface area contributed by atoms with E-state index in [4.69, 9.17) is 10.8 Å². The second-order valence-corrected chi connectivity index (χ2v) is 4.66. The summed E-state index contributed by atoms with van der Waals surface area (Å²) in [5.74, 6) is 1.66. The van der Waals surface area contributed by atoms with E-state index < -0.39 is 0 Å². The van der Waals surface area contributed by atoms with Gasteiger partial charge < -0.3 is 15.4 Å². The van der Waals surface area contributed by atoms with E-state index in [0.29, 0.717) is 5.92 Å². The molecule has 1 unspecified atom stereocenters. The zero-order valence-corrected chi connectivity index (χ0v) is 9.80. The van der Waals surface area contributed by atoms with Gasteiger partial charge in [-0.25, -0.2) is 9.97 Å². The zero-order valence-electron chi connectivity index (χ0n) is 9.80. The summed E-state index contributed by atoms with van der Waals surface area (Å²) in [5, 5.41) is 9.17. The van der Waals surface area contributed by atoms with Gasteiger partial charge in [-0.05, 0) is 18.9 Å². The van der Waals surface area contributed by atoms with Crippen molar-refractivity contribution < 1.29 is 5.11 Å². The number of aliphatic hydroxyl groups excluding tert-OH is 1. The van der Waals surface area contributed by atoms with Crippen molar-refractivity contribution in [3.63, 3.8) is 0 Å². The quantitative estimate of drug-likeness (QED) is 0.822. The molecule has 5 nitrogen and oxygen atoms in total. The summed E-state index contributed by atoms with van der Waals surface area (Å²) in [6.07, 6.45) is 4.14. The van der Waals surface area contributed by atoms with Gasteiger partial charge in [-0.1, -0.05) is 0 Å². The lowest BCUT2D eigenvalue weighted by molar-refractivity contribution is 0.268. The van der Waals surface area contributed by atoms with E-state index >= 15 is 0 Å². The first-order chi connectivity index (χ1) is 8.22. The van der Waals surface area contributed by atoms with E-state index in [1.165, 1.54) is 12.8 Å². The number of aromatic nitrogens is 3. The van der Waals surface area contributed by atoms with Crippen molar-refractivity contribution in [3.05, 3.63) is 23.7 Å². The predicted octanol–water partition coefficient (Wildman–Crippen LogP) is 0.838. The van der Waals surface area contributed by atoms with Gasteiger partial charge in [0.15, 0.2) is 5.65 Å². The van der Waals surface area contributed by atoms with E-state index in [2.05, 4.69) is 9.97 Å². The Morgan fingerprint density at radius 2 is 2.35 bits per heavy atom. The van der Waals surface area contributed by atoms with Gasteiger partial charge in [-0.15, -0.1) is 0 Å². The van der Waals surface area contributed by atoms with Crippen LogP contribution in [0.5, 0.6) is 0 Å². The molecule has 0 radical (unpaired) electrons. The molecule has 3 N–H and O–H groups in total. The summed E-state index contributed by atoms with van der Waals surface area (Å²) >= 11 is 0. The zero-order chi connectivity index (χ0) is 12.0. The molecule has 0 aliphatic heterocycles. The summed E-state index contributed by atoms with van der Waals surface area (Å²) in [6.45, 7) is -0.0750. The number of aryl methyl sites for hydroxylation is 1. The first-order valence-corrected chi connectivity index (χ1v) is 5.90. The van der Waals surface area contributed by atoms with E-state index in [9.17, 15) is 0 Å². The fraction of sp³-hybridized carbons (Fsp3) is 0.500. The third kappa shape index (κ3) is 1.62. The fourth-order valence-corrected chi connectivity index (χ4v) is 2.22. The summed E-state index contributed by atoms with van der Waals surface area (Å²) in [6, 6.07) is 1.45. The third-order valence-electron chi connectivity index (χ3n) is 3.36. The molecular weight excluding hydrogens is 216 g/mol. The highest BCUT2D eigenvalue weighted by atomic mass is 16.3. The molecule has 1 aliphatic carbocycles. The van der Waals surface area contributed by atoms with Gasteiger partial charge >= 0.3 is 0 Å². The van der Waals surface area contributed by atoms with Gasteiger partial charge in [0, 0.05) is 24.7 Å². The van der Waals surface area contributed by atoms with Gasteiger partial charge in [0.2, 0.25) is 0 Å². The molecule has 0 spiro atoms. The van der Waals surface area contributed by atoms with Crippen molar-refractivity contribution >= 4 is 11.2 Å². The second-order valence-electron chi connectivity index (χ2n) is 4.66. The van der Waals surface area contributed by atoms with Crippen LogP contribution < -0.4 is 5.73 Å². The van der Waals surface area contributed by atoms with Crippen LogP contribution >= 0.6 is 0 Å². The summed E-state index contributed by atoms with van der Waals surface area (Å²) in [7, 11) is 1.99. The molecule has 1 saturated carbocycles. The predicted molar refractivity (Wildman–Crippen MR) is 64.5 cm³/mol. The Morgan fingerprint density at radius 1 is 1.59 bits per heavy atom. The van der Waals surface area contributed by atoms with Gasteiger partial charge in [0.05, 0.1) is 12.6 Å². The van der Waals surface area contributed by atoms with Crippen LogP contribution in [0.1, 0.15) is 36.2 Å². The maximum absolute atomic E-state index is 9.17. The maximum Gasteiger partial charge on any atom is 0.160 e. The monoisotopic (exact) mass is 232 g/mol. The smallest absolute Gasteiger partial charge is 0.160 e. The molecule has 0 saturated heterocycles. The normalized spacial score (nSPS) is 17.6. The molecule has 0 amide bonds. The SMILES string of the molecule is Cn1c(C2CC2)nc2c(C(N)CO)ccnc21. The highest BCUT2D eigenvalue weighted by Crippen LogP contribution is 2.40. The van der Waals surface area contributed by atoms with Crippen molar-refractivity contribution in [1.82, 2.24) is 14.5 Å². The van der Waals surface area contributed by atoms with Crippen LogP contribution in [0.3, 0.4) is 0 Å². The van der Waals surface area contributed by atoms with Gasteiger partial charge in [0.25, 0.3) is 0 Å². The van der Waals surface area contributed by atoms with Gasteiger partial charge in [-0.2, -0.15) is 0 Å². The molecule has 1 atom stereocenters. The minimum Gasteiger partial charge on any atom is -0.394 e. The summed E-state index contributed by atoms with van der Waals surface area (Å²) in [5.41, 5.74) is 8.45. The third-order valence-corrected chi connectivity index (χ3v) is 3.36. The summed E-state index contributed by atoms with van der Waals surface area (Å²) in [4.78, 5) is 9.00. The molecule has 3 rings (SSSR count). The fourth-order valence-electron chi connectivity index (χ4n) is 2.22. The second kappa shape index (κ2) is 3.78. The van der Waals surface area contributed by atoms with Crippen LogP contribution in [0.2, 0.25) is 0 Å². The summed E-state index contributed by atoms with van der Waals surface area (Å²) < 4.78 is 2.04. The van der Waals surface area contributed by atoms with Crippen LogP contribution in [-0.4, -0.2) is 26.2 Å². The van der Waals surface area contributed by atoms with Gasteiger partial charge in [0.1, 0.15) is 11.3 Å². The highest BCUT2D eigenvalue weighted by Gasteiger charge is 2.29. The van der Waals surface area contributed by atoms with Gasteiger partial charge in [-0.3, -0.25) is 0 Å². The lowest BCUT2D eigenvalue weighted by atomic mass is 10.1. The highest BCUT2D eigenvalue weighted by molar-refractivity contribution is 5.76. The molecule has 2 aromatic rings. The Morgan fingerprint density at radius 3 is 3.00 bits per heavy atom. The Hall–Kier alpha value is -1.46. The molecule has 2 aromatic heterocycles. The maximum atomic E-state index is 9.17. The molecule has 0 aromatic carbocycles. The molecule has 17 heavy (non-hydrogen) atoms. The minimum absolute atomic E-state index is 0.0750. The Bertz CT molecular complexity index is 559. The molecule has 2 heterocycles. The number of nitrogens with zero attached hydrogens (tertiary/aromatic N) is 3. The Labute approximate surface area is 99.3 Å². The van der Waals surface area contributed by atoms with Crippen molar-refractivity contribution in [3.8, 4) is 0 Å². The average molecular weight is 232 g/mol. The van der Waals surface area contributed by atoms with E-state index in [0.717, 1.165) is 22.6 Å². The first-order valence-electron chi connectivity index (χ1n) is 5.90. The largest absolute Gasteiger partial charge is 0.394 e. The number of rotatable bonds is 3. The Kier molecular flexibility index (Phi) is 2.38. The lowest BCUT2D eigenvalue weighted by Gasteiger charge is -2.08. The van der Waals surface area contributed by atoms with Crippen LogP contribution in [0.15, 0.2) is 12.3 Å². The molecule has 90 valence electrons. The van der Waals surface area contributed by atoms with Crippen LogP contribution in [-0.2, 0) is 7.05 Å². The minimum atomic E-state index is -0.387. The number of aliphatic hydroxyl groups is 1. The van der Waals surface area contributed by atoms with Crippen LogP contribution in [0.4, 0.5) is 0 Å². The molecule has 5 heteroatoms. The lowest BCUT2D eigenvalue weighted by Crippen LogP contribution is -2.15. The molecule has 1 aliphatic rings. The topological polar surface area (TPSA) is 77.0 Å². The molecule has 1 fully saturated rings. The van der Waals surface area contributed by atoms with E-state index in [1.807, 2.05) is 17.7 Å². The van der Waals surface area contributed by atoms with Crippen molar-refractivity contribution in [1.29, 1.82) is 0 Å². The van der Waals surface area contributed by atoms with E-state index in [-0.39, 0.29) is 12.6 Å². The van der Waals surface area contributed by atoms with Crippen LogP contribution in [0.25, 0.3) is 11.2 Å². The van der Waals surface area contributed by atoms with Crippen molar-refractivity contribution in [2.24, 2.45) is 12.8 Å². The standard InChI is InChI=1S/C12H16N4O/c1-16-11(7-2-3-7)15-10-8(9(13)6-17)4-5-14-12(10)16/h4-5,7,9,17H,2-3,6,13H2,1H3. The first kappa shape index (κ1) is 10.7. The molecular formula is C12H16N4O. The molecule has 0 bridgehead atoms. The number of nitrogens with two attached hydrogens (primary N) is 1. The number of imidazole rings is 1.